The second-order valence-electron chi connectivity index (χ2n) is 3.13. The van der Waals surface area contributed by atoms with Crippen molar-refractivity contribution in [3.8, 4) is 17.9 Å². The molecule has 1 saturated carbocycles. The van der Waals surface area contributed by atoms with Gasteiger partial charge < -0.3 is 0 Å². The van der Waals surface area contributed by atoms with Crippen molar-refractivity contribution in [2.45, 2.75) is 32.6 Å². The van der Waals surface area contributed by atoms with Crippen LogP contribution in [-0.2, 0) is 0 Å². The van der Waals surface area contributed by atoms with E-state index in [0.29, 0.717) is 0 Å². The molecule has 1 aliphatic rings. The van der Waals surface area contributed by atoms with Crippen LogP contribution in [0.3, 0.4) is 0 Å². The summed E-state index contributed by atoms with van der Waals surface area (Å²) in [5.41, 5.74) is 0.162. The molecule has 1 heteroatoms. The number of nitriles is 1. The summed E-state index contributed by atoms with van der Waals surface area (Å²) in [6.45, 7) is 2.14. The van der Waals surface area contributed by atoms with Crippen LogP contribution in [0.4, 0.5) is 0 Å². The standard InChI is InChI=1S/C9H11N/c1-9(7-4-8-10)5-2-3-6-9/h2-3,5-6H2,1H3. The first-order valence-corrected chi connectivity index (χ1v) is 3.68. The first-order chi connectivity index (χ1) is 4.77. The summed E-state index contributed by atoms with van der Waals surface area (Å²) in [5.74, 6) is 5.48. The SMILES string of the molecule is CC1(C#CC#N)CCCC1. The van der Waals surface area contributed by atoms with Gasteiger partial charge in [0.1, 0.15) is 0 Å². The number of hydrogen-bond acceptors (Lipinski definition) is 1. The molecule has 0 aliphatic heterocycles. The zero-order valence-corrected chi connectivity index (χ0v) is 6.28. The summed E-state index contributed by atoms with van der Waals surface area (Å²) in [6, 6.07) is 1.86. The van der Waals surface area contributed by atoms with E-state index < -0.39 is 0 Å². The molecule has 1 rings (SSSR count). The van der Waals surface area contributed by atoms with Gasteiger partial charge >= 0.3 is 0 Å². The smallest absolute Gasteiger partial charge is 0.152 e. The minimum Gasteiger partial charge on any atom is -0.183 e. The molecular formula is C9H11N. The van der Waals surface area contributed by atoms with Gasteiger partial charge in [-0.1, -0.05) is 18.8 Å². The quantitative estimate of drug-likeness (QED) is 0.464. The predicted octanol–water partition coefficient (Wildman–Crippen LogP) is 2.09. The molecule has 0 atom stereocenters. The zero-order valence-electron chi connectivity index (χ0n) is 6.28. The van der Waals surface area contributed by atoms with Crippen LogP contribution < -0.4 is 0 Å². The second-order valence-corrected chi connectivity index (χ2v) is 3.13. The molecule has 10 heavy (non-hydrogen) atoms. The van der Waals surface area contributed by atoms with Crippen LogP contribution in [-0.4, -0.2) is 0 Å². The van der Waals surface area contributed by atoms with Crippen molar-refractivity contribution < 1.29 is 0 Å². The monoisotopic (exact) mass is 133 g/mol. The van der Waals surface area contributed by atoms with E-state index >= 15 is 0 Å². The van der Waals surface area contributed by atoms with Crippen molar-refractivity contribution in [1.82, 2.24) is 0 Å². The third-order valence-corrected chi connectivity index (χ3v) is 2.13. The van der Waals surface area contributed by atoms with Gasteiger partial charge in [0.25, 0.3) is 0 Å². The largest absolute Gasteiger partial charge is 0.183 e. The highest BCUT2D eigenvalue weighted by atomic mass is 14.3. The maximum Gasteiger partial charge on any atom is 0.152 e. The van der Waals surface area contributed by atoms with E-state index in [1.807, 2.05) is 6.07 Å². The molecule has 0 radical (unpaired) electrons. The van der Waals surface area contributed by atoms with E-state index in [1.54, 1.807) is 0 Å². The molecule has 0 aromatic rings. The lowest BCUT2D eigenvalue weighted by molar-refractivity contribution is 0.469. The van der Waals surface area contributed by atoms with Gasteiger partial charge in [-0.3, -0.25) is 0 Å². The first kappa shape index (κ1) is 7.16. The summed E-state index contributed by atoms with van der Waals surface area (Å²) in [4.78, 5) is 0. The van der Waals surface area contributed by atoms with Gasteiger partial charge in [0.05, 0.1) is 0 Å². The molecule has 1 aliphatic carbocycles. The molecule has 0 amide bonds. The topological polar surface area (TPSA) is 23.8 Å². The maximum absolute atomic E-state index is 8.22. The molecule has 0 spiro atoms. The highest BCUT2D eigenvalue weighted by molar-refractivity contribution is 5.22. The fraction of sp³-hybridized carbons (Fsp3) is 0.667. The highest BCUT2D eigenvalue weighted by Gasteiger charge is 2.25. The maximum atomic E-state index is 8.22. The molecule has 0 heterocycles. The van der Waals surface area contributed by atoms with Gasteiger partial charge in [-0.15, -0.1) is 0 Å². The Hall–Kier alpha value is -0.950. The van der Waals surface area contributed by atoms with Crippen molar-refractivity contribution in [3.63, 3.8) is 0 Å². The molecule has 0 unspecified atom stereocenters. The number of rotatable bonds is 0. The van der Waals surface area contributed by atoms with E-state index in [2.05, 4.69) is 18.8 Å². The third kappa shape index (κ3) is 1.52. The van der Waals surface area contributed by atoms with E-state index in [-0.39, 0.29) is 5.41 Å². The van der Waals surface area contributed by atoms with Crippen LogP contribution >= 0.6 is 0 Å². The molecular weight excluding hydrogens is 122 g/mol. The highest BCUT2D eigenvalue weighted by Crippen LogP contribution is 2.36. The second kappa shape index (κ2) is 2.76. The number of nitrogens with zero attached hydrogens (tertiary/aromatic N) is 1. The molecule has 0 bridgehead atoms. The summed E-state index contributed by atoms with van der Waals surface area (Å²) < 4.78 is 0. The average molecular weight is 133 g/mol. The van der Waals surface area contributed by atoms with Crippen LogP contribution in [0.1, 0.15) is 32.6 Å². The Morgan fingerprint density at radius 2 is 1.90 bits per heavy atom. The van der Waals surface area contributed by atoms with Crippen LogP contribution in [0, 0.1) is 28.6 Å². The molecule has 1 fully saturated rings. The fourth-order valence-electron chi connectivity index (χ4n) is 1.46. The molecule has 0 saturated heterocycles. The van der Waals surface area contributed by atoms with Crippen LogP contribution in [0.5, 0.6) is 0 Å². The van der Waals surface area contributed by atoms with Gasteiger partial charge in [-0.05, 0) is 19.8 Å². The normalized spacial score (nSPS) is 20.8. The van der Waals surface area contributed by atoms with Gasteiger partial charge in [0.15, 0.2) is 6.07 Å². The van der Waals surface area contributed by atoms with E-state index in [1.165, 1.54) is 25.7 Å². The molecule has 52 valence electrons. The Balaban J connectivity index is 2.61. The summed E-state index contributed by atoms with van der Waals surface area (Å²) >= 11 is 0. The van der Waals surface area contributed by atoms with Gasteiger partial charge in [0, 0.05) is 11.3 Å². The summed E-state index contributed by atoms with van der Waals surface area (Å²) in [7, 11) is 0. The van der Waals surface area contributed by atoms with Crippen molar-refractivity contribution >= 4 is 0 Å². The lowest BCUT2D eigenvalue weighted by Gasteiger charge is -2.13. The summed E-state index contributed by atoms with van der Waals surface area (Å²) in [6.07, 6.45) is 4.89. The average Bonchev–Trinajstić information content (AvgIpc) is 2.33. The third-order valence-electron chi connectivity index (χ3n) is 2.13. The lowest BCUT2D eigenvalue weighted by atomic mass is 9.90. The predicted molar refractivity (Wildman–Crippen MR) is 40.0 cm³/mol. The number of hydrogen-bond donors (Lipinski definition) is 0. The van der Waals surface area contributed by atoms with E-state index in [0.717, 1.165) is 0 Å². The Labute approximate surface area is 62.0 Å². The molecule has 0 aromatic carbocycles. The zero-order chi connectivity index (χ0) is 7.45. The minimum absolute atomic E-state index is 0.162. The van der Waals surface area contributed by atoms with Crippen molar-refractivity contribution in [1.29, 1.82) is 5.26 Å². The van der Waals surface area contributed by atoms with E-state index in [4.69, 9.17) is 5.26 Å². The summed E-state index contributed by atoms with van der Waals surface area (Å²) in [5, 5.41) is 8.22. The van der Waals surface area contributed by atoms with Crippen LogP contribution in [0.25, 0.3) is 0 Å². The van der Waals surface area contributed by atoms with Gasteiger partial charge in [0.2, 0.25) is 0 Å². The molecule has 1 nitrogen and oxygen atoms in total. The van der Waals surface area contributed by atoms with Gasteiger partial charge in [-0.2, -0.15) is 5.26 Å². The fourth-order valence-corrected chi connectivity index (χ4v) is 1.46. The Morgan fingerprint density at radius 3 is 2.40 bits per heavy atom. The Bertz CT molecular complexity index is 205. The first-order valence-electron chi connectivity index (χ1n) is 3.68. The van der Waals surface area contributed by atoms with Crippen molar-refractivity contribution in [2.24, 2.45) is 5.41 Å². The molecule has 0 aromatic heterocycles. The lowest BCUT2D eigenvalue weighted by Crippen LogP contribution is -2.06. The Morgan fingerprint density at radius 1 is 1.30 bits per heavy atom. The molecule has 0 N–H and O–H groups in total. The van der Waals surface area contributed by atoms with Crippen LogP contribution in [0.15, 0.2) is 0 Å². The van der Waals surface area contributed by atoms with E-state index in [9.17, 15) is 0 Å². The Kier molecular flexibility index (Phi) is 1.97. The van der Waals surface area contributed by atoms with Gasteiger partial charge in [-0.25, -0.2) is 0 Å². The van der Waals surface area contributed by atoms with Crippen molar-refractivity contribution in [2.75, 3.05) is 0 Å². The minimum atomic E-state index is 0.162. The van der Waals surface area contributed by atoms with Crippen LogP contribution in [0.2, 0.25) is 0 Å². The van der Waals surface area contributed by atoms with Crippen molar-refractivity contribution in [3.05, 3.63) is 0 Å².